The molecule has 2 rings (SSSR count). The van der Waals surface area contributed by atoms with Crippen LogP contribution >= 0.6 is 0 Å². The number of hydrogen-bond donors (Lipinski definition) is 1. The van der Waals surface area contributed by atoms with Crippen LogP contribution in [0.4, 0.5) is 0 Å². The molecular formula is C11H13NO3. The zero-order valence-corrected chi connectivity index (χ0v) is 8.73. The average molecular weight is 207 g/mol. The summed E-state index contributed by atoms with van der Waals surface area (Å²) in [7, 11) is 0. The Morgan fingerprint density at radius 3 is 1.73 bits per heavy atom. The van der Waals surface area contributed by atoms with Gasteiger partial charge in [0.1, 0.15) is 0 Å². The second-order valence-electron chi connectivity index (χ2n) is 3.17. The second-order valence-corrected chi connectivity index (χ2v) is 3.17. The number of imide groups is 1. The van der Waals surface area contributed by atoms with Gasteiger partial charge in [0.15, 0.2) is 0 Å². The third kappa shape index (κ3) is 2.05. The molecule has 0 radical (unpaired) electrons. The molecular weight excluding hydrogens is 194 g/mol. The minimum atomic E-state index is -0.657. The van der Waals surface area contributed by atoms with Crippen molar-refractivity contribution in [3.63, 3.8) is 0 Å². The minimum Gasteiger partial charge on any atom is -0.278 e. The summed E-state index contributed by atoms with van der Waals surface area (Å²) in [5.74, 6) is -1.31. The Morgan fingerprint density at radius 2 is 1.40 bits per heavy atom. The molecule has 1 aromatic rings. The number of nitrogens with zero attached hydrogens (tertiary/aromatic N) is 1. The number of amides is 2. The van der Waals surface area contributed by atoms with Crippen molar-refractivity contribution in [3.05, 3.63) is 35.4 Å². The monoisotopic (exact) mass is 207 g/mol. The van der Waals surface area contributed by atoms with Gasteiger partial charge in [-0.15, -0.1) is 5.06 Å². The summed E-state index contributed by atoms with van der Waals surface area (Å²) < 4.78 is 0. The van der Waals surface area contributed by atoms with E-state index in [9.17, 15) is 9.59 Å². The number of fused-ring (bicyclic) bond motifs is 1. The van der Waals surface area contributed by atoms with Gasteiger partial charge in [-0.2, -0.15) is 0 Å². The molecule has 4 nitrogen and oxygen atoms in total. The summed E-state index contributed by atoms with van der Waals surface area (Å²) in [5.41, 5.74) is 0.509. The summed E-state index contributed by atoms with van der Waals surface area (Å²) in [5, 5.41) is 9.05. The third-order valence-corrected chi connectivity index (χ3v) is 1.77. The lowest BCUT2D eigenvalue weighted by molar-refractivity contribution is -0.0327. The highest BCUT2D eigenvalue weighted by molar-refractivity contribution is 6.20. The molecule has 4 heteroatoms. The zero-order valence-electron chi connectivity index (χ0n) is 8.73. The fourth-order valence-corrected chi connectivity index (χ4v) is 1.18. The van der Waals surface area contributed by atoms with Crippen molar-refractivity contribution in [3.8, 4) is 0 Å². The molecule has 2 amide bonds. The van der Waals surface area contributed by atoms with Gasteiger partial charge in [0, 0.05) is 0 Å². The van der Waals surface area contributed by atoms with Gasteiger partial charge in [-0.05, 0) is 12.1 Å². The van der Waals surface area contributed by atoms with Crippen LogP contribution in [0.5, 0.6) is 0 Å². The van der Waals surface area contributed by atoms with Crippen LogP contribution in [0.1, 0.15) is 41.0 Å². The van der Waals surface area contributed by atoms with Crippen molar-refractivity contribution >= 4 is 11.8 Å². The molecule has 1 aliphatic rings. The summed E-state index contributed by atoms with van der Waals surface area (Å²) in [4.78, 5) is 22.1. The maximum Gasteiger partial charge on any atom is 0.285 e. The highest BCUT2D eigenvalue weighted by Crippen LogP contribution is 2.19. The van der Waals surface area contributed by atoms with E-state index < -0.39 is 11.8 Å². The van der Waals surface area contributed by atoms with Gasteiger partial charge in [0.2, 0.25) is 0 Å². The first-order valence-electron chi connectivity index (χ1n) is 4.80. The van der Waals surface area contributed by atoms with Crippen LogP contribution in [0.15, 0.2) is 24.3 Å². The first-order valence-corrected chi connectivity index (χ1v) is 4.80. The van der Waals surface area contributed by atoms with Crippen molar-refractivity contribution < 1.29 is 14.8 Å². The number of hydrogen-bond acceptors (Lipinski definition) is 3. The Hall–Kier alpha value is -1.68. The maximum atomic E-state index is 11.1. The molecule has 1 N–H and O–H groups in total. The van der Waals surface area contributed by atoms with Crippen LogP contribution in [0.25, 0.3) is 0 Å². The van der Waals surface area contributed by atoms with Gasteiger partial charge >= 0.3 is 0 Å². The van der Waals surface area contributed by atoms with E-state index in [1.165, 1.54) is 18.6 Å². The predicted octanol–water partition coefficient (Wildman–Crippen LogP) is 2.09. The molecule has 0 atom stereocenters. The van der Waals surface area contributed by atoms with Crippen molar-refractivity contribution in [1.82, 2.24) is 5.06 Å². The first kappa shape index (κ1) is 11.4. The number of benzene rings is 1. The van der Waals surface area contributed by atoms with E-state index in [1.54, 1.807) is 12.1 Å². The van der Waals surface area contributed by atoms with Gasteiger partial charge in [0.05, 0.1) is 11.1 Å². The summed E-state index contributed by atoms with van der Waals surface area (Å²) in [6, 6.07) is 6.30. The molecule has 0 fully saturated rings. The SMILES string of the molecule is CCC.O=C1c2ccccc2C(=O)N1O. The maximum absolute atomic E-state index is 11.1. The summed E-state index contributed by atoms with van der Waals surface area (Å²) in [6.45, 7) is 4.25. The molecule has 0 saturated heterocycles. The first-order chi connectivity index (χ1) is 7.13. The van der Waals surface area contributed by atoms with Crippen LogP contribution in [-0.2, 0) is 0 Å². The van der Waals surface area contributed by atoms with Gasteiger partial charge in [-0.1, -0.05) is 32.4 Å². The number of carbonyl (C=O) groups excluding carboxylic acids is 2. The van der Waals surface area contributed by atoms with Crippen molar-refractivity contribution in [2.45, 2.75) is 20.3 Å². The Bertz CT molecular complexity index is 352. The average Bonchev–Trinajstić information content (AvgIpc) is 2.46. The lowest BCUT2D eigenvalue weighted by Crippen LogP contribution is -2.25. The van der Waals surface area contributed by atoms with Crippen LogP contribution in [0, 0.1) is 0 Å². The number of carbonyl (C=O) groups is 2. The topological polar surface area (TPSA) is 57.6 Å². The molecule has 0 aliphatic carbocycles. The van der Waals surface area contributed by atoms with E-state index in [4.69, 9.17) is 5.21 Å². The molecule has 1 aromatic carbocycles. The third-order valence-electron chi connectivity index (χ3n) is 1.77. The van der Waals surface area contributed by atoms with Gasteiger partial charge < -0.3 is 0 Å². The molecule has 0 bridgehead atoms. The van der Waals surface area contributed by atoms with Crippen molar-refractivity contribution in [1.29, 1.82) is 0 Å². The fourth-order valence-electron chi connectivity index (χ4n) is 1.18. The van der Waals surface area contributed by atoms with E-state index in [-0.39, 0.29) is 16.2 Å². The normalized spacial score (nSPS) is 13.4. The molecule has 0 spiro atoms. The Morgan fingerprint density at radius 1 is 1.07 bits per heavy atom. The van der Waals surface area contributed by atoms with Gasteiger partial charge in [-0.25, -0.2) is 0 Å². The van der Waals surface area contributed by atoms with E-state index in [1.807, 2.05) is 0 Å². The molecule has 0 saturated carbocycles. The highest BCUT2D eigenvalue weighted by Gasteiger charge is 2.33. The molecule has 0 unspecified atom stereocenters. The smallest absolute Gasteiger partial charge is 0.278 e. The number of hydroxylamine groups is 2. The predicted molar refractivity (Wildman–Crippen MR) is 54.7 cm³/mol. The lowest BCUT2D eigenvalue weighted by atomic mass is 10.1. The Balaban J connectivity index is 0.000000337. The van der Waals surface area contributed by atoms with Crippen molar-refractivity contribution in [2.24, 2.45) is 0 Å². The second kappa shape index (κ2) is 4.70. The van der Waals surface area contributed by atoms with Gasteiger partial charge in [0.25, 0.3) is 11.8 Å². The van der Waals surface area contributed by atoms with Crippen molar-refractivity contribution in [2.75, 3.05) is 0 Å². The molecule has 80 valence electrons. The molecule has 0 aromatic heterocycles. The van der Waals surface area contributed by atoms with Crippen LogP contribution < -0.4 is 0 Å². The zero-order chi connectivity index (χ0) is 11.4. The molecule has 1 aliphatic heterocycles. The Labute approximate surface area is 88.1 Å². The largest absolute Gasteiger partial charge is 0.285 e. The van der Waals surface area contributed by atoms with E-state index in [0.29, 0.717) is 0 Å². The highest BCUT2D eigenvalue weighted by atomic mass is 16.5. The van der Waals surface area contributed by atoms with E-state index in [2.05, 4.69) is 13.8 Å². The van der Waals surface area contributed by atoms with E-state index >= 15 is 0 Å². The number of rotatable bonds is 0. The van der Waals surface area contributed by atoms with Crippen LogP contribution in [0.2, 0.25) is 0 Å². The van der Waals surface area contributed by atoms with Crippen LogP contribution in [-0.4, -0.2) is 22.1 Å². The fraction of sp³-hybridized carbons (Fsp3) is 0.273. The molecule has 1 heterocycles. The van der Waals surface area contributed by atoms with Crippen LogP contribution in [0.3, 0.4) is 0 Å². The van der Waals surface area contributed by atoms with E-state index in [0.717, 1.165) is 0 Å². The standard InChI is InChI=1S/C8H5NO3.C3H8/c10-7-5-3-1-2-4-6(5)8(11)9(7)12;1-3-2/h1-4,12H;3H2,1-2H3. The quantitative estimate of drug-likeness (QED) is 0.523. The minimum absolute atomic E-state index is 0.130. The lowest BCUT2D eigenvalue weighted by Gasteiger charge is -1.99. The Kier molecular flexibility index (Phi) is 3.57. The summed E-state index contributed by atoms with van der Waals surface area (Å²) in [6.07, 6.45) is 1.25. The molecule has 15 heavy (non-hydrogen) atoms. The van der Waals surface area contributed by atoms with Gasteiger partial charge in [-0.3, -0.25) is 14.8 Å². The summed E-state index contributed by atoms with van der Waals surface area (Å²) >= 11 is 0.